The van der Waals surface area contributed by atoms with Gasteiger partial charge in [-0.2, -0.15) is 0 Å². The van der Waals surface area contributed by atoms with Gasteiger partial charge in [0, 0.05) is 17.9 Å². The van der Waals surface area contributed by atoms with Crippen LogP contribution in [-0.4, -0.2) is 18.0 Å². The van der Waals surface area contributed by atoms with Gasteiger partial charge in [0.2, 0.25) is 0 Å². The SMILES string of the molecule is BrCCCCCCOc1cccc(CNC2CC2)c1. The lowest BCUT2D eigenvalue weighted by molar-refractivity contribution is 0.305. The summed E-state index contributed by atoms with van der Waals surface area (Å²) in [5, 5.41) is 4.65. The number of unbranched alkanes of at least 4 members (excludes halogenated alkanes) is 3. The Kier molecular flexibility index (Phi) is 6.72. The van der Waals surface area contributed by atoms with Crippen molar-refractivity contribution >= 4 is 15.9 Å². The highest BCUT2D eigenvalue weighted by Gasteiger charge is 2.19. The first-order valence-corrected chi connectivity index (χ1v) is 8.52. The maximum Gasteiger partial charge on any atom is 0.119 e. The monoisotopic (exact) mass is 325 g/mol. The van der Waals surface area contributed by atoms with Crippen molar-refractivity contribution in [2.75, 3.05) is 11.9 Å². The highest BCUT2D eigenvalue weighted by Crippen LogP contribution is 2.20. The molecule has 0 saturated heterocycles. The van der Waals surface area contributed by atoms with Gasteiger partial charge in [-0.15, -0.1) is 0 Å². The molecule has 1 aromatic rings. The summed E-state index contributed by atoms with van der Waals surface area (Å²) in [5.74, 6) is 1.01. The summed E-state index contributed by atoms with van der Waals surface area (Å²) in [7, 11) is 0. The molecule has 1 aliphatic carbocycles. The molecule has 19 heavy (non-hydrogen) atoms. The summed E-state index contributed by atoms with van der Waals surface area (Å²) < 4.78 is 5.81. The normalized spacial score (nSPS) is 14.6. The minimum atomic E-state index is 0.763. The van der Waals surface area contributed by atoms with Crippen molar-refractivity contribution < 1.29 is 4.74 Å². The first-order chi connectivity index (χ1) is 9.38. The highest BCUT2D eigenvalue weighted by atomic mass is 79.9. The van der Waals surface area contributed by atoms with Crippen LogP contribution in [0.5, 0.6) is 5.75 Å². The van der Waals surface area contributed by atoms with E-state index in [2.05, 4.69) is 45.5 Å². The molecule has 106 valence electrons. The van der Waals surface area contributed by atoms with Crippen molar-refractivity contribution in [2.24, 2.45) is 0 Å². The number of hydrogen-bond acceptors (Lipinski definition) is 2. The number of benzene rings is 1. The predicted octanol–water partition coefficient (Wildman–Crippen LogP) is 4.27. The third-order valence-electron chi connectivity index (χ3n) is 3.37. The van der Waals surface area contributed by atoms with Gasteiger partial charge >= 0.3 is 0 Å². The minimum Gasteiger partial charge on any atom is -0.494 e. The van der Waals surface area contributed by atoms with Crippen LogP contribution in [0.3, 0.4) is 0 Å². The molecule has 1 aromatic carbocycles. The largest absolute Gasteiger partial charge is 0.494 e. The standard InChI is InChI=1S/C16H24BrNO/c17-10-3-1-2-4-11-19-16-7-5-6-14(12-16)13-18-15-8-9-15/h5-7,12,15,18H,1-4,8-11,13H2. The number of rotatable bonds is 10. The van der Waals surface area contributed by atoms with Gasteiger partial charge < -0.3 is 10.1 Å². The summed E-state index contributed by atoms with van der Waals surface area (Å²) in [6.07, 6.45) is 7.64. The minimum absolute atomic E-state index is 0.763. The smallest absolute Gasteiger partial charge is 0.119 e. The number of alkyl halides is 1. The molecular formula is C16H24BrNO. The predicted molar refractivity (Wildman–Crippen MR) is 84.1 cm³/mol. The quantitative estimate of drug-likeness (QED) is 0.512. The molecule has 0 bridgehead atoms. The van der Waals surface area contributed by atoms with Crippen LogP contribution in [0.4, 0.5) is 0 Å². The van der Waals surface area contributed by atoms with E-state index in [4.69, 9.17) is 4.74 Å². The van der Waals surface area contributed by atoms with Gasteiger partial charge in [0.05, 0.1) is 6.61 Å². The molecule has 1 N–H and O–H groups in total. The molecule has 2 nitrogen and oxygen atoms in total. The van der Waals surface area contributed by atoms with Crippen LogP contribution >= 0.6 is 15.9 Å². The fraction of sp³-hybridized carbons (Fsp3) is 0.625. The molecule has 0 aliphatic heterocycles. The van der Waals surface area contributed by atoms with Crippen molar-refractivity contribution in [2.45, 2.75) is 51.1 Å². The van der Waals surface area contributed by atoms with E-state index in [0.717, 1.165) is 36.7 Å². The Morgan fingerprint density at radius 3 is 2.79 bits per heavy atom. The second kappa shape index (κ2) is 8.60. The summed E-state index contributed by atoms with van der Waals surface area (Å²) >= 11 is 3.46. The Morgan fingerprint density at radius 1 is 1.16 bits per heavy atom. The molecule has 2 rings (SSSR count). The number of halogens is 1. The fourth-order valence-corrected chi connectivity index (χ4v) is 2.43. The first-order valence-electron chi connectivity index (χ1n) is 7.39. The van der Waals surface area contributed by atoms with Crippen LogP contribution in [0, 0.1) is 0 Å². The van der Waals surface area contributed by atoms with E-state index in [1.165, 1.54) is 37.7 Å². The summed E-state index contributed by atoms with van der Waals surface area (Å²) in [5.41, 5.74) is 1.32. The lowest BCUT2D eigenvalue weighted by atomic mass is 10.2. The van der Waals surface area contributed by atoms with Crippen molar-refractivity contribution in [3.63, 3.8) is 0 Å². The lowest BCUT2D eigenvalue weighted by Gasteiger charge is -2.08. The van der Waals surface area contributed by atoms with Gasteiger partial charge in [-0.25, -0.2) is 0 Å². The zero-order chi connectivity index (χ0) is 13.3. The van der Waals surface area contributed by atoms with E-state index in [1.54, 1.807) is 0 Å². The molecule has 0 heterocycles. The maximum absolute atomic E-state index is 5.81. The number of nitrogens with one attached hydrogen (secondary N) is 1. The maximum atomic E-state index is 5.81. The van der Waals surface area contributed by atoms with Crippen LogP contribution in [0.2, 0.25) is 0 Å². The molecule has 0 unspecified atom stereocenters. The summed E-state index contributed by atoms with van der Waals surface area (Å²) in [6, 6.07) is 9.23. The Balaban J connectivity index is 1.63. The van der Waals surface area contributed by atoms with E-state index in [0.29, 0.717) is 0 Å². The second-order valence-electron chi connectivity index (χ2n) is 5.25. The van der Waals surface area contributed by atoms with Crippen LogP contribution in [0.25, 0.3) is 0 Å². The van der Waals surface area contributed by atoms with Gasteiger partial charge in [-0.1, -0.05) is 40.9 Å². The molecular weight excluding hydrogens is 302 g/mol. The third kappa shape index (κ3) is 6.44. The Bertz CT molecular complexity index is 366. The zero-order valence-corrected chi connectivity index (χ0v) is 13.1. The summed E-state index contributed by atoms with van der Waals surface area (Å²) in [4.78, 5) is 0. The van der Waals surface area contributed by atoms with Crippen LogP contribution in [0.1, 0.15) is 44.1 Å². The average molecular weight is 326 g/mol. The molecule has 0 aromatic heterocycles. The molecule has 1 fully saturated rings. The third-order valence-corrected chi connectivity index (χ3v) is 3.93. The van der Waals surface area contributed by atoms with Crippen LogP contribution in [0.15, 0.2) is 24.3 Å². The van der Waals surface area contributed by atoms with E-state index < -0.39 is 0 Å². The van der Waals surface area contributed by atoms with Gasteiger partial charge in [-0.3, -0.25) is 0 Å². The molecule has 1 aliphatic rings. The van der Waals surface area contributed by atoms with E-state index in [1.807, 2.05) is 0 Å². The Labute approximate surface area is 125 Å². The summed E-state index contributed by atoms with van der Waals surface area (Å²) in [6.45, 7) is 1.80. The molecule has 0 radical (unpaired) electrons. The van der Waals surface area contributed by atoms with E-state index in [9.17, 15) is 0 Å². The van der Waals surface area contributed by atoms with E-state index >= 15 is 0 Å². The topological polar surface area (TPSA) is 21.3 Å². The lowest BCUT2D eigenvalue weighted by Crippen LogP contribution is -2.15. The van der Waals surface area contributed by atoms with Gasteiger partial charge in [0.15, 0.2) is 0 Å². The molecule has 1 saturated carbocycles. The molecule has 3 heteroatoms. The van der Waals surface area contributed by atoms with Crippen molar-refractivity contribution in [1.82, 2.24) is 5.32 Å². The van der Waals surface area contributed by atoms with Gasteiger partial charge in [0.1, 0.15) is 5.75 Å². The molecule has 0 amide bonds. The van der Waals surface area contributed by atoms with E-state index in [-0.39, 0.29) is 0 Å². The first kappa shape index (κ1) is 14.9. The highest BCUT2D eigenvalue weighted by molar-refractivity contribution is 9.09. The van der Waals surface area contributed by atoms with Crippen molar-refractivity contribution in [3.8, 4) is 5.75 Å². The van der Waals surface area contributed by atoms with Crippen LogP contribution < -0.4 is 10.1 Å². The zero-order valence-electron chi connectivity index (χ0n) is 11.5. The average Bonchev–Trinajstić information content (AvgIpc) is 3.25. The fourth-order valence-electron chi connectivity index (χ4n) is 2.04. The molecule has 0 spiro atoms. The second-order valence-corrected chi connectivity index (χ2v) is 6.05. The Morgan fingerprint density at radius 2 is 2.00 bits per heavy atom. The number of hydrogen-bond donors (Lipinski definition) is 1. The number of ether oxygens (including phenoxy) is 1. The Hall–Kier alpha value is -0.540. The van der Waals surface area contributed by atoms with Gasteiger partial charge in [-0.05, 0) is 43.4 Å². The van der Waals surface area contributed by atoms with Crippen molar-refractivity contribution in [3.05, 3.63) is 29.8 Å². The van der Waals surface area contributed by atoms with Crippen LogP contribution in [-0.2, 0) is 6.54 Å². The molecule has 0 atom stereocenters. The van der Waals surface area contributed by atoms with Gasteiger partial charge in [0.25, 0.3) is 0 Å². The van der Waals surface area contributed by atoms with Crippen molar-refractivity contribution in [1.29, 1.82) is 0 Å².